The number of aromatic nitrogens is 1. The van der Waals surface area contributed by atoms with Gasteiger partial charge in [-0.15, -0.1) is 0 Å². The smallest absolute Gasteiger partial charge is 0.305 e. The number of carbonyl (C=O) groups excluding carboxylic acids is 1. The molecule has 0 radical (unpaired) electrons. The zero-order chi connectivity index (χ0) is 18.8. The molecule has 26 heavy (non-hydrogen) atoms. The van der Waals surface area contributed by atoms with Gasteiger partial charge in [-0.05, 0) is 31.5 Å². The molecule has 138 valence electrons. The summed E-state index contributed by atoms with van der Waals surface area (Å²) in [7, 11) is 3.17. The third kappa shape index (κ3) is 3.48. The summed E-state index contributed by atoms with van der Waals surface area (Å²) in [5.41, 5.74) is 1.83. The summed E-state index contributed by atoms with van der Waals surface area (Å²) in [5, 5.41) is 9.98. The lowest BCUT2D eigenvalue weighted by molar-refractivity contribution is -0.137. The number of hydrogen-bond acceptors (Lipinski definition) is 5. The molecule has 7 nitrogen and oxygen atoms in total. The molecule has 1 aliphatic heterocycles. The van der Waals surface area contributed by atoms with Crippen molar-refractivity contribution in [1.29, 1.82) is 0 Å². The molecule has 0 bridgehead atoms. The van der Waals surface area contributed by atoms with E-state index in [2.05, 4.69) is 4.98 Å². The van der Waals surface area contributed by atoms with Crippen LogP contribution in [0.4, 0.5) is 0 Å². The van der Waals surface area contributed by atoms with Crippen LogP contribution in [0.2, 0.25) is 0 Å². The Morgan fingerprint density at radius 2 is 2.08 bits per heavy atom. The molecule has 1 fully saturated rings. The number of carboxylic acids is 1. The molecular weight excluding hydrogens is 336 g/mol. The minimum absolute atomic E-state index is 0.0944. The van der Waals surface area contributed by atoms with Gasteiger partial charge >= 0.3 is 5.97 Å². The fraction of sp³-hybridized carbons (Fsp3) is 0.421. The first-order chi connectivity index (χ1) is 12.4. The summed E-state index contributed by atoms with van der Waals surface area (Å²) < 4.78 is 10.6. The third-order valence-electron chi connectivity index (χ3n) is 4.83. The van der Waals surface area contributed by atoms with Crippen molar-refractivity contribution in [2.75, 3.05) is 20.8 Å². The van der Waals surface area contributed by atoms with Crippen molar-refractivity contribution < 1.29 is 24.2 Å². The number of benzene rings is 1. The van der Waals surface area contributed by atoms with Gasteiger partial charge < -0.3 is 19.5 Å². The second-order valence-electron chi connectivity index (χ2n) is 6.48. The zero-order valence-corrected chi connectivity index (χ0v) is 15.1. The molecule has 2 aromatic rings. The van der Waals surface area contributed by atoms with Gasteiger partial charge in [-0.25, -0.2) is 0 Å². The van der Waals surface area contributed by atoms with Gasteiger partial charge in [-0.2, -0.15) is 0 Å². The van der Waals surface area contributed by atoms with Crippen LogP contribution in [0.15, 0.2) is 24.3 Å². The van der Waals surface area contributed by atoms with Crippen LogP contribution in [-0.4, -0.2) is 59.8 Å². The van der Waals surface area contributed by atoms with E-state index in [9.17, 15) is 9.59 Å². The third-order valence-corrected chi connectivity index (χ3v) is 4.83. The molecule has 0 aliphatic carbocycles. The number of carboxylic acid groups (broad SMARTS) is 1. The molecule has 1 saturated heterocycles. The number of nitrogens with zero attached hydrogens (tertiary/aromatic N) is 2. The number of rotatable bonds is 5. The summed E-state index contributed by atoms with van der Waals surface area (Å²) in [6, 6.07) is 6.92. The first-order valence-electron chi connectivity index (χ1n) is 8.44. The fourth-order valence-electron chi connectivity index (χ4n) is 3.43. The molecule has 1 aromatic heterocycles. The lowest BCUT2D eigenvalue weighted by Gasteiger charge is -2.24. The minimum Gasteiger partial charge on any atom is -0.497 e. The van der Waals surface area contributed by atoms with Gasteiger partial charge in [0.05, 0.1) is 36.4 Å². The van der Waals surface area contributed by atoms with Gasteiger partial charge in [0.1, 0.15) is 5.75 Å². The molecule has 2 heterocycles. The maximum Gasteiger partial charge on any atom is 0.305 e. The SMILES string of the molecule is COc1ccc2cc(C(=O)N3CC(OC)CC3CC(=O)O)c(C)nc2c1. The average Bonchev–Trinajstić information content (AvgIpc) is 3.02. The number of likely N-dealkylation sites (tertiary alicyclic amines) is 1. The molecule has 0 spiro atoms. The number of fused-ring (bicyclic) bond motifs is 1. The molecule has 1 aliphatic rings. The average molecular weight is 358 g/mol. The van der Waals surface area contributed by atoms with E-state index in [1.807, 2.05) is 18.2 Å². The van der Waals surface area contributed by atoms with Crippen LogP contribution in [-0.2, 0) is 9.53 Å². The Balaban J connectivity index is 1.95. The Hall–Kier alpha value is -2.67. The maximum absolute atomic E-state index is 13.1. The molecule has 2 atom stereocenters. The Labute approximate surface area is 151 Å². The van der Waals surface area contributed by atoms with Crippen molar-refractivity contribution in [3.63, 3.8) is 0 Å². The van der Waals surface area contributed by atoms with E-state index in [4.69, 9.17) is 14.6 Å². The molecular formula is C19H22N2O5. The molecule has 2 unspecified atom stereocenters. The predicted octanol–water partition coefficient (Wildman–Crippen LogP) is 2.26. The summed E-state index contributed by atoms with van der Waals surface area (Å²) in [5.74, 6) is -0.434. The van der Waals surface area contributed by atoms with Crippen molar-refractivity contribution in [3.05, 3.63) is 35.5 Å². The number of pyridine rings is 1. The molecule has 1 aromatic carbocycles. The van der Waals surface area contributed by atoms with E-state index >= 15 is 0 Å². The maximum atomic E-state index is 13.1. The van der Waals surface area contributed by atoms with Crippen LogP contribution >= 0.6 is 0 Å². The van der Waals surface area contributed by atoms with E-state index in [0.29, 0.717) is 30.0 Å². The van der Waals surface area contributed by atoms with E-state index in [1.54, 1.807) is 32.1 Å². The number of aryl methyl sites for hydroxylation is 1. The van der Waals surface area contributed by atoms with Gasteiger partial charge in [-0.3, -0.25) is 14.6 Å². The van der Waals surface area contributed by atoms with Crippen LogP contribution in [0.25, 0.3) is 10.9 Å². The Kier molecular flexibility index (Phi) is 5.08. The molecule has 3 rings (SSSR count). The van der Waals surface area contributed by atoms with Gasteiger partial charge in [0.2, 0.25) is 0 Å². The van der Waals surface area contributed by atoms with Crippen molar-refractivity contribution in [3.8, 4) is 5.75 Å². The van der Waals surface area contributed by atoms with E-state index < -0.39 is 5.97 Å². The van der Waals surface area contributed by atoms with E-state index in [-0.39, 0.29) is 24.5 Å². The van der Waals surface area contributed by atoms with E-state index in [0.717, 1.165) is 10.9 Å². The molecule has 7 heteroatoms. The number of ether oxygens (including phenoxy) is 2. The van der Waals surface area contributed by atoms with Gasteiger partial charge in [0.15, 0.2) is 0 Å². The normalized spacial score (nSPS) is 19.7. The first kappa shape index (κ1) is 18.1. The van der Waals surface area contributed by atoms with Crippen LogP contribution in [0.1, 0.15) is 28.9 Å². The highest BCUT2D eigenvalue weighted by Crippen LogP contribution is 2.27. The highest BCUT2D eigenvalue weighted by molar-refractivity contribution is 5.99. The van der Waals surface area contributed by atoms with Crippen molar-refractivity contribution >= 4 is 22.8 Å². The monoisotopic (exact) mass is 358 g/mol. The Morgan fingerprint density at radius 3 is 2.73 bits per heavy atom. The summed E-state index contributed by atoms with van der Waals surface area (Å²) in [6.07, 6.45) is 0.274. The van der Waals surface area contributed by atoms with E-state index in [1.165, 1.54) is 0 Å². The molecule has 0 saturated carbocycles. The molecule has 1 amide bonds. The standard InChI is InChI=1S/C19H22N2O5/c1-11-16(6-12-4-5-14(25-2)9-17(12)20-11)19(24)21-10-15(26-3)7-13(21)8-18(22)23/h4-6,9,13,15H,7-8,10H2,1-3H3,(H,22,23). The number of methoxy groups -OCH3 is 2. The largest absolute Gasteiger partial charge is 0.497 e. The summed E-state index contributed by atoms with van der Waals surface area (Å²) in [6.45, 7) is 2.16. The number of aliphatic carboxylic acids is 1. The first-order valence-corrected chi connectivity index (χ1v) is 8.44. The van der Waals surface area contributed by atoms with Crippen LogP contribution in [0.5, 0.6) is 5.75 Å². The number of amides is 1. The Bertz CT molecular complexity index is 851. The topological polar surface area (TPSA) is 89.0 Å². The highest BCUT2D eigenvalue weighted by Gasteiger charge is 2.37. The zero-order valence-electron chi connectivity index (χ0n) is 15.1. The summed E-state index contributed by atoms with van der Waals surface area (Å²) >= 11 is 0. The lowest BCUT2D eigenvalue weighted by Crippen LogP contribution is -2.37. The van der Waals surface area contributed by atoms with Crippen LogP contribution in [0.3, 0.4) is 0 Å². The number of hydrogen-bond donors (Lipinski definition) is 1. The van der Waals surface area contributed by atoms with Gasteiger partial charge in [0, 0.05) is 31.1 Å². The van der Waals surface area contributed by atoms with Crippen molar-refractivity contribution in [2.45, 2.75) is 31.9 Å². The van der Waals surface area contributed by atoms with Gasteiger partial charge in [0.25, 0.3) is 5.91 Å². The van der Waals surface area contributed by atoms with Crippen LogP contribution in [0, 0.1) is 6.92 Å². The van der Waals surface area contributed by atoms with Crippen molar-refractivity contribution in [2.24, 2.45) is 0 Å². The summed E-state index contributed by atoms with van der Waals surface area (Å²) in [4.78, 5) is 30.4. The predicted molar refractivity (Wildman–Crippen MR) is 95.5 cm³/mol. The lowest BCUT2D eigenvalue weighted by atomic mass is 10.1. The van der Waals surface area contributed by atoms with Crippen LogP contribution < -0.4 is 4.74 Å². The Morgan fingerprint density at radius 1 is 1.31 bits per heavy atom. The quantitative estimate of drug-likeness (QED) is 0.882. The second-order valence-corrected chi connectivity index (χ2v) is 6.48. The van der Waals surface area contributed by atoms with Crippen molar-refractivity contribution in [1.82, 2.24) is 9.88 Å². The minimum atomic E-state index is -0.926. The fourth-order valence-corrected chi connectivity index (χ4v) is 3.43. The van der Waals surface area contributed by atoms with Gasteiger partial charge in [-0.1, -0.05) is 0 Å². The number of carbonyl (C=O) groups is 2. The molecule has 1 N–H and O–H groups in total. The second kappa shape index (κ2) is 7.29. The highest BCUT2D eigenvalue weighted by atomic mass is 16.5.